The van der Waals surface area contributed by atoms with Gasteiger partial charge in [-0.05, 0) is 13.8 Å². The predicted octanol–water partition coefficient (Wildman–Crippen LogP) is 1.54. The van der Waals surface area contributed by atoms with E-state index in [1.807, 2.05) is 4.57 Å². The lowest BCUT2D eigenvalue weighted by molar-refractivity contribution is 0.605. The number of imidazole rings is 2. The average molecular weight is 229 g/mol. The molecular formula is C12H15N5. The molecule has 0 aliphatic rings. The van der Waals surface area contributed by atoms with Gasteiger partial charge in [0.05, 0.1) is 31.1 Å². The Hall–Kier alpha value is -2.22. The lowest BCUT2D eigenvalue weighted by Gasteiger charge is -2.10. The van der Waals surface area contributed by atoms with Gasteiger partial charge in [0.1, 0.15) is 11.5 Å². The summed E-state index contributed by atoms with van der Waals surface area (Å²) in [7, 11) is 0. The number of hydrogen-bond donors (Lipinski definition) is 1. The SMILES string of the molecule is C#CCn1cnc(-c2cncn2C(C)C)c1N. The van der Waals surface area contributed by atoms with Crippen molar-refractivity contribution in [1.82, 2.24) is 19.1 Å². The molecule has 2 heterocycles. The maximum atomic E-state index is 6.01. The highest BCUT2D eigenvalue weighted by atomic mass is 15.1. The molecule has 2 rings (SSSR count). The first-order valence-electron chi connectivity index (χ1n) is 5.41. The van der Waals surface area contributed by atoms with Gasteiger partial charge in [0.25, 0.3) is 0 Å². The Morgan fingerprint density at radius 2 is 2.24 bits per heavy atom. The van der Waals surface area contributed by atoms with Crippen molar-refractivity contribution in [2.45, 2.75) is 26.4 Å². The van der Waals surface area contributed by atoms with E-state index in [1.165, 1.54) is 0 Å². The zero-order chi connectivity index (χ0) is 12.4. The third kappa shape index (κ3) is 1.89. The van der Waals surface area contributed by atoms with Crippen molar-refractivity contribution >= 4 is 5.82 Å². The largest absolute Gasteiger partial charge is 0.383 e. The second-order valence-electron chi connectivity index (χ2n) is 4.09. The molecule has 0 unspecified atom stereocenters. The van der Waals surface area contributed by atoms with E-state index in [2.05, 4.69) is 29.7 Å². The fourth-order valence-corrected chi connectivity index (χ4v) is 1.71. The molecule has 2 N–H and O–H groups in total. The van der Waals surface area contributed by atoms with E-state index in [-0.39, 0.29) is 0 Å². The van der Waals surface area contributed by atoms with E-state index < -0.39 is 0 Å². The van der Waals surface area contributed by atoms with E-state index in [9.17, 15) is 0 Å². The molecule has 5 nitrogen and oxygen atoms in total. The van der Waals surface area contributed by atoms with Crippen molar-refractivity contribution in [3.8, 4) is 23.7 Å². The average Bonchev–Trinajstić information content (AvgIpc) is 2.87. The van der Waals surface area contributed by atoms with Crippen LogP contribution in [0, 0.1) is 12.3 Å². The van der Waals surface area contributed by atoms with E-state index in [0.29, 0.717) is 18.4 Å². The summed E-state index contributed by atoms with van der Waals surface area (Å²) in [6.45, 7) is 4.59. The van der Waals surface area contributed by atoms with Crippen LogP contribution in [0.2, 0.25) is 0 Å². The standard InChI is InChI=1S/C12H15N5/c1-4-5-16-8-15-11(12(16)13)10-6-14-7-17(10)9(2)3/h1,6-9H,5,13H2,2-3H3. The van der Waals surface area contributed by atoms with Crippen LogP contribution in [0.1, 0.15) is 19.9 Å². The summed E-state index contributed by atoms with van der Waals surface area (Å²) in [5, 5.41) is 0. The Balaban J connectivity index is 2.47. The van der Waals surface area contributed by atoms with Gasteiger partial charge in [-0.25, -0.2) is 9.97 Å². The minimum atomic E-state index is 0.310. The van der Waals surface area contributed by atoms with E-state index in [0.717, 1.165) is 11.4 Å². The van der Waals surface area contributed by atoms with Gasteiger partial charge >= 0.3 is 0 Å². The highest BCUT2D eigenvalue weighted by Gasteiger charge is 2.14. The number of nitrogen functional groups attached to an aromatic ring is 1. The highest BCUT2D eigenvalue weighted by Crippen LogP contribution is 2.25. The summed E-state index contributed by atoms with van der Waals surface area (Å²) in [6, 6.07) is 0.310. The third-order valence-corrected chi connectivity index (χ3v) is 2.60. The predicted molar refractivity (Wildman–Crippen MR) is 67.1 cm³/mol. The number of aromatic nitrogens is 4. The van der Waals surface area contributed by atoms with Crippen molar-refractivity contribution in [1.29, 1.82) is 0 Å². The summed E-state index contributed by atoms with van der Waals surface area (Å²) in [5.41, 5.74) is 7.65. The Labute approximate surface area is 100 Å². The summed E-state index contributed by atoms with van der Waals surface area (Å²) in [5.74, 6) is 3.12. The fourth-order valence-electron chi connectivity index (χ4n) is 1.71. The third-order valence-electron chi connectivity index (χ3n) is 2.60. The normalized spacial score (nSPS) is 10.7. The molecule has 0 spiro atoms. The number of anilines is 1. The van der Waals surface area contributed by atoms with E-state index >= 15 is 0 Å². The van der Waals surface area contributed by atoms with Gasteiger partial charge in [-0.1, -0.05) is 5.92 Å². The molecule has 0 saturated carbocycles. The summed E-state index contributed by atoms with van der Waals surface area (Å²) in [6.07, 6.45) is 10.5. The number of hydrogen-bond acceptors (Lipinski definition) is 3. The summed E-state index contributed by atoms with van der Waals surface area (Å²) >= 11 is 0. The van der Waals surface area contributed by atoms with E-state index in [1.54, 1.807) is 23.4 Å². The zero-order valence-electron chi connectivity index (χ0n) is 9.96. The molecule has 0 saturated heterocycles. The van der Waals surface area contributed by atoms with Gasteiger partial charge in [-0.3, -0.25) is 0 Å². The highest BCUT2D eigenvalue weighted by molar-refractivity contribution is 5.67. The molecule has 0 aliphatic heterocycles. The molecule has 2 aromatic heterocycles. The topological polar surface area (TPSA) is 61.7 Å². The van der Waals surface area contributed by atoms with Crippen LogP contribution in [-0.4, -0.2) is 19.1 Å². The number of nitrogens with two attached hydrogens (primary N) is 1. The smallest absolute Gasteiger partial charge is 0.134 e. The summed E-state index contributed by atoms with van der Waals surface area (Å²) in [4.78, 5) is 8.44. The first-order chi connectivity index (χ1) is 8.15. The second kappa shape index (κ2) is 4.34. The van der Waals surface area contributed by atoms with Crippen molar-refractivity contribution in [2.75, 3.05) is 5.73 Å². The van der Waals surface area contributed by atoms with Crippen molar-refractivity contribution in [2.24, 2.45) is 0 Å². The molecule has 0 aromatic carbocycles. The zero-order valence-corrected chi connectivity index (χ0v) is 9.96. The Morgan fingerprint density at radius 3 is 2.88 bits per heavy atom. The van der Waals surface area contributed by atoms with Crippen LogP contribution in [0.15, 0.2) is 18.9 Å². The minimum Gasteiger partial charge on any atom is -0.383 e. The monoisotopic (exact) mass is 229 g/mol. The summed E-state index contributed by atoms with van der Waals surface area (Å²) < 4.78 is 3.77. The Bertz CT molecular complexity index is 556. The van der Waals surface area contributed by atoms with Crippen LogP contribution in [0.5, 0.6) is 0 Å². The molecule has 17 heavy (non-hydrogen) atoms. The van der Waals surface area contributed by atoms with Gasteiger partial charge < -0.3 is 14.9 Å². The number of nitrogens with zero attached hydrogens (tertiary/aromatic N) is 4. The van der Waals surface area contributed by atoms with Gasteiger partial charge in [0, 0.05) is 6.04 Å². The van der Waals surface area contributed by atoms with E-state index in [4.69, 9.17) is 12.2 Å². The molecule has 2 aromatic rings. The van der Waals surface area contributed by atoms with Crippen LogP contribution in [0.4, 0.5) is 5.82 Å². The maximum Gasteiger partial charge on any atom is 0.134 e. The first kappa shape index (κ1) is 11.3. The van der Waals surface area contributed by atoms with Crippen LogP contribution in [0.25, 0.3) is 11.4 Å². The first-order valence-corrected chi connectivity index (χ1v) is 5.41. The second-order valence-corrected chi connectivity index (χ2v) is 4.09. The van der Waals surface area contributed by atoms with Gasteiger partial charge in [-0.15, -0.1) is 6.42 Å². The van der Waals surface area contributed by atoms with Gasteiger partial charge in [-0.2, -0.15) is 0 Å². The number of rotatable bonds is 3. The van der Waals surface area contributed by atoms with Crippen LogP contribution >= 0.6 is 0 Å². The maximum absolute atomic E-state index is 6.01. The molecular weight excluding hydrogens is 214 g/mol. The van der Waals surface area contributed by atoms with Crippen molar-refractivity contribution in [3.63, 3.8) is 0 Å². The Morgan fingerprint density at radius 1 is 1.47 bits per heavy atom. The molecule has 0 radical (unpaired) electrons. The lowest BCUT2D eigenvalue weighted by atomic mass is 10.3. The quantitative estimate of drug-likeness (QED) is 0.812. The van der Waals surface area contributed by atoms with Gasteiger partial charge in [0.15, 0.2) is 0 Å². The van der Waals surface area contributed by atoms with Crippen LogP contribution in [-0.2, 0) is 6.54 Å². The lowest BCUT2D eigenvalue weighted by Crippen LogP contribution is -2.04. The van der Waals surface area contributed by atoms with Crippen molar-refractivity contribution in [3.05, 3.63) is 18.9 Å². The van der Waals surface area contributed by atoms with Crippen LogP contribution < -0.4 is 5.73 Å². The Kier molecular flexibility index (Phi) is 2.88. The fraction of sp³-hybridized carbons (Fsp3) is 0.333. The molecule has 5 heteroatoms. The van der Waals surface area contributed by atoms with Crippen LogP contribution in [0.3, 0.4) is 0 Å². The number of terminal acetylenes is 1. The van der Waals surface area contributed by atoms with Gasteiger partial charge in [0.2, 0.25) is 0 Å². The molecule has 0 bridgehead atoms. The minimum absolute atomic E-state index is 0.310. The molecule has 0 atom stereocenters. The molecule has 88 valence electrons. The van der Waals surface area contributed by atoms with Crippen molar-refractivity contribution < 1.29 is 0 Å². The molecule has 0 amide bonds. The molecule has 0 aliphatic carbocycles. The molecule has 0 fully saturated rings.